The highest BCUT2D eigenvalue weighted by atomic mass is 16.7. The highest BCUT2D eigenvalue weighted by Gasteiger charge is 2.56. The molecule has 0 spiro atoms. The van der Waals surface area contributed by atoms with Gasteiger partial charge in [-0.3, -0.25) is 9.69 Å². The van der Waals surface area contributed by atoms with Gasteiger partial charge in [0.05, 0.1) is 35.9 Å². The summed E-state index contributed by atoms with van der Waals surface area (Å²) >= 11 is 0. The first kappa shape index (κ1) is 44.3. The molecule has 3 fully saturated rings. The summed E-state index contributed by atoms with van der Waals surface area (Å²) in [4.78, 5) is 16.3. The molecule has 0 radical (unpaired) electrons. The Morgan fingerprint density at radius 2 is 1.62 bits per heavy atom. The van der Waals surface area contributed by atoms with Crippen LogP contribution in [0.3, 0.4) is 0 Å². The minimum Gasteiger partial charge on any atom is -0.489 e. The third-order valence-corrected chi connectivity index (χ3v) is 12.6. The molecule has 308 valence electrons. The first-order valence-electron chi connectivity index (χ1n) is 19.4. The van der Waals surface area contributed by atoms with Gasteiger partial charge in [-0.05, 0) is 81.4 Å². The van der Waals surface area contributed by atoms with Crippen LogP contribution in [0.1, 0.15) is 102 Å². The van der Waals surface area contributed by atoms with Crippen LogP contribution in [0.5, 0.6) is 0 Å². The van der Waals surface area contributed by atoms with Crippen LogP contribution >= 0.6 is 0 Å². The Balaban J connectivity index is 1.85. The number of carbonyl (C=O) groups excluding carboxylic acids is 1. The lowest BCUT2D eigenvalue weighted by molar-refractivity contribution is -0.317. The zero-order chi connectivity index (χ0) is 40.0. The number of methoxy groups -OCH3 is 1. The molecule has 17 unspecified atom stereocenters. The molecular formula is C39H69NO13. The van der Waals surface area contributed by atoms with Gasteiger partial charge in [-0.25, -0.2) is 0 Å². The van der Waals surface area contributed by atoms with Crippen LogP contribution in [-0.2, 0) is 38.0 Å². The molecule has 4 rings (SSSR count). The van der Waals surface area contributed by atoms with Crippen LogP contribution in [0.4, 0.5) is 0 Å². The monoisotopic (exact) mass is 759 g/mol. The fourth-order valence-electron chi connectivity index (χ4n) is 8.97. The van der Waals surface area contributed by atoms with Crippen molar-refractivity contribution in [1.82, 2.24) is 4.90 Å². The summed E-state index contributed by atoms with van der Waals surface area (Å²) in [5.41, 5.74) is -3.29. The zero-order valence-electron chi connectivity index (χ0n) is 34.1. The second-order valence-electron chi connectivity index (χ2n) is 17.2. The lowest BCUT2D eigenvalue weighted by Gasteiger charge is -2.49. The summed E-state index contributed by atoms with van der Waals surface area (Å²) in [5, 5.41) is 56.2. The Morgan fingerprint density at radius 3 is 2.21 bits per heavy atom. The number of cyclic esters (lactones) is 1. The van der Waals surface area contributed by atoms with E-state index >= 15 is 0 Å². The van der Waals surface area contributed by atoms with Crippen LogP contribution in [0.2, 0.25) is 0 Å². The number of hydrogen-bond donors (Lipinski definition) is 5. The van der Waals surface area contributed by atoms with E-state index in [0.29, 0.717) is 18.6 Å². The molecule has 17 atom stereocenters. The topological polar surface area (TPSA) is 186 Å². The summed E-state index contributed by atoms with van der Waals surface area (Å²) in [6.07, 6.45) is -8.53. The molecule has 5 N–H and O–H groups in total. The number of esters is 1. The third kappa shape index (κ3) is 8.93. The van der Waals surface area contributed by atoms with E-state index in [1.54, 1.807) is 27.7 Å². The van der Waals surface area contributed by atoms with Crippen LogP contribution in [0.25, 0.3) is 0 Å². The van der Waals surface area contributed by atoms with E-state index < -0.39 is 102 Å². The van der Waals surface area contributed by atoms with Gasteiger partial charge in [0, 0.05) is 56.9 Å². The quantitative estimate of drug-likeness (QED) is 0.216. The maximum absolute atomic E-state index is 14.2. The van der Waals surface area contributed by atoms with Crippen LogP contribution in [0, 0.1) is 17.8 Å². The number of carbonyl (C=O) groups is 1. The van der Waals surface area contributed by atoms with Crippen molar-refractivity contribution in [3.8, 4) is 0 Å². The average molecular weight is 760 g/mol. The molecule has 0 aromatic carbocycles. The summed E-state index contributed by atoms with van der Waals surface area (Å²) in [6, 6.07) is -0.118. The second-order valence-corrected chi connectivity index (χ2v) is 17.2. The van der Waals surface area contributed by atoms with Gasteiger partial charge in [0.15, 0.2) is 12.6 Å². The predicted octanol–water partition coefficient (Wildman–Crippen LogP) is 2.64. The predicted molar refractivity (Wildman–Crippen MR) is 194 cm³/mol. The molecule has 4 aliphatic heterocycles. The summed E-state index contributed by atoms with van der Waals surface area (Å²) < 4.78 is 44.8. The molecule has 0 aromatic heterocycles. The van der Waals surface area contributed by atoms with Crippen LogP contribution in [-0.4, -0.2) is 147 Å². The van der Waals surface area contributed by atoms with E-state index in [0.717, 1.165) is 5.57 Å². The van der Waals surface area contributed by atoms with E-state index in [1.807, 2.05) is 34.7 Å². The van der Waals surface area contributed by atoms with Gasteiger partial charge in [-0.2, -0.15) is 0 Å². The van der Waals surface area contributed by atoms with Crippen LogP contribution in [0.15, 0.2) is 11.3 Å². The minimum absolute atomic E-state index is 0.132. The van der Waals surface area contributed by atoms with Gasteiger partial charge in [0.2, 0.25) is 0 Å². The van der Waals surface area contributed by atoms with Crippen molar-refractivity contribution in [1.29, 1.82) is 0 Å². The molecule has 0 amide bonds. The number of aliphatic hydroxyl groups is 5. The maximum Gasteiger partial charge on any atom is 0.311 e. The second kappa shape index (κ2) is 17.0. The SMILES string of the molecule is COC1(C)CC(OC2C(C)C(=O)OC(CCO)C(C)(O)C(O)C(C)C3=C(C)CC(C)(O3)C(OC3OC(C)CC(N(C)C(C)C)C3O)C2C)OC(C)C1O. The first-order valence-corrected chi connectivity index (χ1v) is 19.4. The largest absolute Gasteiger partial charge is 0.489 e. The number of hydrogen-bond acceptors (Lipinski definition) is 14. The van der Waals surface area contributed by atoms with Gasteiger partial charge < -0.3 is 58.7 Å². The molecule has 0 aliphatic carbocycles. The molecule has 14 heteroatoms. The van der Waals surface area contributed by atoms with Crippen LogP contribution < -0.4 is 0 Å². The number of aliphatic hydroxyl groups excluding tert-OH is 4. The molecule has 4 aliphatic rings. The summed E-state index contributed by atoms with van der Waals surface area (Å²) in [7, 11) is 3.48. The summed E-state index contributed by atoms with van der Waals surface area (Å²) in [5.74, 6) is -2.70. The maximum atomic E-state index is 14.2. The van der Waals surface area contributed by atoms with Crippen molar-refractivity contribution in [3.63, 3.8) is 0 Å². The smallest absolute Gasteiger partial charge is 0.311 e. The fourth-order valence-corrected chi connectivity index (χ4v) is 8.97. The molecule has 53 heavy (non-hydrogen) atoms. The summed E-state index contributed by atoms with van der Waals surface area (Å²) in [6.45, 7) is 19.6. The van der Waals surface area contributed by atoms with Crippen molar-refractivity contribution < 1.29 is 63.5 Å². The van der Waals surface area contributed by atoms with E-state index in [4.69, 9.17) is 33.2 Å². The Bertz CT molecular complexity index is 1280. The van der Waals surface area contributed by atoms with Crippen molar-refractivity contribution in [2.75, 3.05) is 20.8 Å². The molecule has 0 aromatic rings. The number of fused-ring (bicyclic) bond motifs is 2. The lowest BCUT2D eigenvalue weighted by atomic mass is 9.78. The van der Waals surface area contributed by atoms with Gasteiger partial charge in [-0.1, -0.05) is 13.8 Å². The molecular weight excluding hydrogens is 690 g/mol. The normalized spacial score (nSPS) is 47.5. The number of ether oxygens (including phenoxy) is 7. The zero-order valence-corrected chi connectivity index (χ0v) is 34.1. The minimum atomic E-state index is -1.98. The Hall–Kier alpha value is -1.43. The van der Waals surface area contributed by atoms with Crippen molar-refractivity contribution >= 4 is 5.97 Å². The Labute approximate surface area is 316 Å². The molecule has 3 saturated heterocycles. The van der Waals surface area contributed by atoms with E-state index in [1.165, 1.54) is 14.0 Å². The first-order chi connectivity index (χ1) is 24.5. The van der Waals surface area contributed by atoms with E-state index in [9.17, 15) is 30.3 Å². The van der Waals surface area contributed by atoms with Gasteiger partial charge >= 0.3 is 5.97 Å². The molecule has 4 heterocycles. The Morgan fingerprint density at radius 1 is 0.981 bits per heavy atom. The van der Waals surface area contributed by atoms with Crippen molar-refractivity contribution in [2.24, 2.45) is 17.8 Å². The fraction of sp³-hybridized carbons (Fsp3) is 0.923. The average Bonchev–Trinajstić information content (AvgIpc) is 3.41. The third-order valence-electron chi connectivity index (χ3n) is 12.6. The number of rotatable bonds is 9. The molecule has 14 nitrogen and oxygen atoms in total. The molecule has 0 saturated carbocycles. The van der Waals surface area contributed by atoms with Crippen molar-refractivity contribution in [3.05, 3.63) is 11.3 Å². The standard InChI is InChI=1S/C39H69NO13/c1-19(2)40(12)26-16-21(4)48-36(29(26)42)52-34-23(6)31(51-28-18-37(9,47-13)33(44)25(8)49-28)24(7)35(45)50-27(14-15-41)39(11,46)32(43)22(5)30-20(3)17-38(34,10)53-30/h19,21-29,31-34,36,41-44,46H,14-18H2,1-13H3. The number of likely N-dealkylation sites (N-methyl/N-ethyl adjacent to an activating group) is 1. The highest BCUT2D eigenvalue weighted by molar-refractivity contribution is 5.73. The van der Waals surface area contributed by atoms with Gasteiger partial charge in [0.25, 0.3) is 0 Å². The Kier molecular flexibility index (Phi) is 14.2. The van der Waals surface area contributed by atoms with Gasteiger partial charge in [-0.15, -0.1) is 0 Å². The van der Waals surface area contributed by atoms with E-state index in [2.05, 4.69) is 18.7 Å². The lowest BCUT2D eigenvalue weighted by Crippen LogP contribution is -2.61. The van der Waals surface area contributed by atoms with Crippen molar-refractivity contribution in [2.45, 2.75) is 192 Å². The highest BCUT2D eigenvalue weighted by Crippen LogP contribution is 2.47. The van der Waals surface area contributed by atoms with E-state index in [-0.39, 0.29) is 31.0 Å². The number of nitrogens with zero attached hydrogens (tertiary/aromatic N) is 1. The molecule has 2 bridgehead atoms. The van der Waals surface area contributed by atoms with Gasteiger partial charge in [0.1, 0.15) is 41.4 Å².